The quantitative estimate of drug-likeness (QED) is 0.884. The number of hydrogen-bond donors (Lipinski definition) is 1. The monoisotopic (exact) mass is 253 g/mol. The molecule has 16 heavy (non-hydrogen) atoms. The molecule has 2 aromatic rings. The van der Waals surface area contributed by atoms with Crippen molar-refractivity contribution in [2.24, 2.45) is 0 Å². The van der Waals surface area contributed by atoms with Gasteiger partial charge < -0.3 is 5.32 Å². The number of halogens is 2. The number of aromatic nitrogens is 2. The summed E-state index contributed by atoms with van der Waals surface area (Å²) in [4.78, 5) is 8.00. The summed E-state index contributed by atoms with van der Waals surface area (Å²) in [6.07, 6.45) is 3.08. The third-order valence-corrected chi connectivity index (χ3v) is 2.64. The van der Waals surface area contributed by atoms with Crippen molar-refractivity contribution in [3.8, 4) is 0 Å². The first-order chi connectivity index (χ1) is 7.65. The fraction of sp³-hybridized carbons (Fsp3) is 0.0909. The van der Waals surface area contributed by atoms with Crippen molar-refractivity contribution in [2.75, 3.05) is 5.32 Å². The van der Waals surface area contributed by atoms with Crippen LogP contribution in [0.15, 0.2) is 30.6 Å². The number of aryl methyl sites for hydroxylation is 1. The molecule has 82 valence electrons. The second-order valence-corrected chi connectivity index (χ2v) is 4.11. The van der Waals surface area contributed by atoms with E-state index in [2.05, 4.69) is 15.3 Å². The highest BCUT2D eigenvalue weighted by Gasteiger charge is 2.00. The summed E-state index contributed by atoms with van der Waals surface area (Å²) in [5.41, 5.74) is 1.89. The first kappa shape index (κ1) is 11.2. The number of anilines is 2. The maximum Gasteiger partial charge on any atom is 0.150 e. The van der Waals surface area contributed by atoms with Crippen LogP contribution in [0.3, 0.4) is 0 Å². The summed E-state index contributed by atoms with van der Waals surface area (Å²) >= 11 is 11.7. The first-order valence-electron chi connectivity index (χ1n) is 4.66. The predicted octanol–water partition coefficient (Wildman–Crippen LogP) is 3.84. The molecule has 0 bridgehead atoms. The maximum atomic E-state index is 6.01. The van der Waals surface area contributed by atoms with Gasteiger partial charge in [-0.3, -0.25) is 4.98 Å². The first-order valence-corrected chi connectivity index (χ1v) is 5.41. The Morgan fingerprint density at radius 3 is 2.69 bits per heavy atom. The second-order valence-electron chi connectivity index (χ2n) is 3.32. The van der Waals surface area contributed by atoms with Crippen molar-refractivity contribution >= 4 is 34.7 Å². The Bertz CT molecular complexity index is 514. The van der Waals surface area contributed by atoms with E-state index in [1.54, 1.807) is 6.20 Å². The fourth-order valence-electron chi connectivity index (χ4n) is 1.22. The molecule has 1 aromatic carbocycles. The summed E-state index contributed by atoms with van der Waals surface area (Å²) < 4.78 is 0. The molecule has 3 nitrogen and oxygen atoms in total. The predicted molar refractivity (Wildman–Crippen MR) is 66.5 cm³/mol. The zero-order chi connectivity index (χ0) is 11.5. The number of rotatable bonds is 2. The highest BCUT2D eigenvalue weighted by Crippen LogP contribution is 2.22. The van der Waals surface area contributed by atoms with Gasteiger partial charge in [0.25, 0.3) is 0 Å². The molecular weight excluding hydrogens is 245 g/mol. The standard InChI is InChI=1S/C11H9Cl2N3/c1-7-2-3-8(4-9(7)12)15-11-6-14-5-10(13)16-11/h2-6H,1H3,(H,15,16). The molecule has 0 fully saturated rings. The van der Waals surface area contributed by atoms with E-state index < -0.39 is 0 Å². The topological polar surface area (TPSA) is 37.8 Å². The summed E-state index contributed by atoms with van der Waals surface area (Å²) in [7, 11) is 0. The fourth-order valence-corrected chi connectivity index (χ4v) is 1.55. The van der Waals surface area contributed by atoms with E-state index in [-0.39, 0.29) is 0 Å². The molecule has 0 aliphatic carbocycles. The van der Waals surface area contributed by atoms with Crippen LogP contribution in [-0.4, -0.2) is 9.97 Å². The van der Waals surface area contributed by atoms with Gasteiger partial charge in [0.1, 0.15) is 5.15 Å². The Morgan fingerprint density at radius 2 is 2.00 bits per heavy atom. The van der Waals surface area contributed by atoms with Gasteiger partial charge in [0.15, 0.2) is 5.82 Å². The molecule has 5 heteroatoms. The number of hydrogen-bond acceptors (Lipinski definition) is 3. The Kier molecular flexibility index (Phi) is 3.27. The smallest absolute Gasteiger partial charge is 0.150 e. The van der Waals surface area contributed by atoms with Crippen LogP contribution in [0.25, 0.3) is 0 Å². The van der Waals surface area contributed by atoms with Crippen molar-refractivity contribution in [3.05, 3.63) is 46.3 Å². The zero-order valence-electron chi connectivity index (χ0n) is 8.54. The van der Waals surface area contributed by atoms with E-state index in [9.17, 15) is 0 Å². The lowest BCUT2D eigenvalue weighted by atomic mass is 10.2. The van der Waals surface area contributed by atoms with Gasteiger partial charge in [0.05, 0.1) is 12.4 Å². The number of benzene rings is 1. The largest absolute Gasteiger partial charge is 0.339 e. The molecule has 0 unspecified atom stereocenters. The molecule has 0 atom stereocenters. The third-order valence-electron chi connectivity index (χ3n) is 2.05. The SMILES string of the molecule is Cc1ccc(Nc2cncc(Cl)n2)cc1Cl. The minimum atomic E-state index is 0.350. The molecule has 0 amide bonds. The number of nitrogens with one attached hydrogen (secondary N) is 1. The molecule has 0 spiro atoms. The van der Waals surface area contributed by atoms with Gasteiger partial charge in [-0.2, -0.15) is 0 Å². The molecule has 1 N–H and O–H groups in total. The van der Waals surface area contributed by atoms with Gasteiger partial charge in [-0.25, -0.2) is 4.98 Å². The molecule has 1 aromatic heterocycles. The normalized spacial score (nSPS) is 10.2. The third kappa shape index (κ3) is 2.62. The van der Waals surface area contributed by atoms with Crippen molar-refractivity contribution < 1.29 is 0 Å². The summed E-state index contributed by atoms with van der Waals surface area (Å²) in [6.45, 7) is 1.95. The van der Waals surface area contributed by atoms with E-state index in [0.29, 0.717) is 16.0 Å². The molecule has 0 saturated heterocycles. The lowest BCUT2D eigenvalue weighted by Crippen LogP contribution is -1.94. The van der Waals surface area contributed by atoms with Gasteiger partial charge in [-0.15, -0.1) is 0 Å². The van der Waals surface area contributed by atoms with Crippen LogP contribution in [-0.2, 0) is 0 Å². The van der Waals surface area contributed by atoms with Crippen LogP contribution >= 0.6 is 23.2 Å². The van der Waals surface area contributed by atoms with Gasteiger partial charge in [-0.05, 0) is 24.6 Å². The van der Waals surface area contributed by atoms with Gasteiger partial charge in [0, 0.05) is 10.7 Å². The molecule has 0 aliphatic heterocycles. The van der Waals surface area contributed by atoms with E-state index in [0.717, 1.165) is 11.3 Å². The van der Waals surface area contributed by atoms with Gasteiger partial charge in [-0.1, -0.05) is 29.3 Å². The highest BCUT2D eigenvalue weighted by molar-refractivity contribution is 6.31. The molecule has 1 heterocycles. The Hall–Kier alpha value is -1.32. The Balaban J connectivity index is 2.24. The average Bonchev–Trinajstić information content (AvgIpc) is 2.24. The lowest BCUT2D eigenvalue weighted by Gasteiger charge is -2.06. The second kappa shape index (κ2) is 4.68. The van der Waals surface area contributed by atoms with Crippen molar-refractivity contribution in [1.29, 1.82) is 0 Å². The van der Waals surface area contributed by atoms with Gasteiger partial charge >= 0.3 is 0 Å². The van der Waals surface area contributed by atoms with E-state index >= 15 is 0 Å². The average molecular weight is 254 g/mol. The summed E-state index contributed by atoms with van der Waals surface area (Å²) in [6, 6.07) is 5.69. The van der Waals surface area contributed by atoms with Gasteiger partial charge in [0.2, 0.25) is 0 Å². The maximum absolute atomic E-state index is 6.01. The molecule has 0 saturated carbocycles. The van der Waals surface area contributed by atoms with E-state index in [4.69, 9.17) is 23.2 Å². The zero-order valence-corrected chi connectivity index (χ0v) is 10.0. The highest BCUT2D eigenvalue weighted by atomic mass is 35.5. The van der Waals surface area contributed by atoms with Crippen LogP contribution in [0.1, 0.15) is 5.56 Å². The van der Waals surface area contributed by atoms with Crippen LogP contribution in [0.2, 0.25) is 10.2 Å². The van der Waals surface area contributed by atoms with Crippen LogP contribution in [0.4, 0.5) is 11.5 Å². The minimum Gasteiger partial charge on any atom is -0.339 e. The summed E-state index contributed by atoms with van der Waals surface area (Å²) in [5.74, 6) is 0.590. The van der Waals surface area contributed by atoms with E-state index in [1.807, 2.05) is 25.1 Å². The van der Waals surface area contributed by atoms with Crippen LogP contribution in [0.5, 0.6) is 0 Å². The Labute approximate surface area is 103 Å². The number of nitrogens with zero attached hydrogens (tertiary/aromatic N) is 2. The molecule has 0 radical (unpaired) electrons. The lowest BCUT2D eigenvalue weighted by molar-refractivity contribution is 1.20. The minimum absolute atomic E-state index is 0.350. The summed E-state index contributed by atoms with van der Waals surface area (Å²) in [5, 5.41) is 4.13. The van der Waals surface area contributed by atoms with Crippen molar-refractivity contribution in [3.63, 3.8) is 0 Å². The van der Waals surface area contributed by atoms with Crippen molar-refractivity contribution in [2.45, 2.75) is 6.92 Å². The van der Waals surface area contributed by atoms with Crippen LogP contribution < -0.4 is 5.32 Å². The molecule has 0 aliphatic rings. The molecule has 2 rings (SSSR count). The van der Waals surface area contributed by atoms with E-state index in [1.165, 1.54) is 6.20 Å². The Morgan fingerprint density at radius 1 is 1.19 bits per heavy atom. The van der Waals surface area contributed by atoms with Crippen molar-refractivity contribution in [1.82, 2.24) is 9.97 Å². The molecular formula is C11H9Cl2N3. The van der Waals surface area contributed by atoms with Crippen LogP contribution in [0, 0.1) is 6.92 Å².